The smallest absolute Gasteiger partial charge is 0.191 e. The summed E-state index contributed by atoms with van der Waals surface area (Å²) in [5.41, 5.74) is 4.89. The van der Waals surface area contributed by atoms with Gasteiger partial charge in [-0.2, -0.15) is 0 Å². The molecule has 6 nitrogen and oxygen atoms in total. The Bertz CT molecular complexity index is 847. The van der Waals surface area contributed by atoms with E-state index in [0.717, 1.165) is 50.1 Å². The van der Waals surface area contributed by atoms with Crippen LogP contribution >= 0.6 is 0 Å². The lowest BCUT2D eigenvalue weighted by atomic mass is 10.0. The molecule has 1 heterocycles. The monoisotopic (exact) mass is 410 g/mol. The van der Waals surface area contributed by atoms with Gasteiger partial charge in [-0.15, -0.1) is 0 Å². The number of nitrogens with zero attached hydrogens (tertiary/aromatic N) is 2. The van der Waals surface area contributed by atoms with Gasteiger partial charge in [0, 0.05) is 38.8 Å². The van der Waals surface area contributed by atoms with Crippen molar-refractivity contribution in [3.8, 4) is 5.75 Å². The zero-order valence-corrected chi connectivity index (χ0v) is 18.6. The fourth-order valence-electron chi connectivity index (χ4n) is 3.82. The Morgan fingerprint density at radius 2 is 1.87 bits per heavy atom. The number of hydrogen-bond acceptors (Lipinski definition) is 4. The van der Waals surface area contributed by atoms with E-state index in [1.165, 1.54) is 16.7 Å². The van der Waals surface area contributed by atoms with E-state index >= 15 is 0 Å². The summed E-state index contributed by atoms with van der Waals surface area (Å²) in [6.07, 6.45) is 0. The molecule has 1 fully saturated rings. The molecule has 2 aromatic carbocycles. The minimum Gasteiger partial charge on any atom is -0.496 e. The van der Waals surface area contributed by atoms with Gasteiger partial charge in [-0.3, -0.25) is 9.89 Å². The summed E-state index contributed by atoms with van der Waals surface area (Å²) in [6.45, 7) is 9.06. The van der Waals surface area contributed by atoms with E-state index < -0.39 is 0 Å². The molecule has 0 spiro atoms. The molecule has 3 rings (SSSR count). The maximum atomic E-state index is 5.56. The second-order valence-corrected chi connectivity index (χ2v) is 7.70. The lowest BCUT2D eigenvalue weighted by Crippen LogP contribution is -2.46. The van der Waals surface area contributed by atoms with Gasteiger partial charge in [0.05, 0.1) is 26.4 Å². The molecule has 2 N–H and O–H groups in total. The Balaban J connectivity index is 1.65. The molecule has 0 aromatic heterocycles. The largest absolute Gasteiger partial charge is 0.496 e. The van der Waals surface area contributed by atoms with Gasteiger partial charge in [0.1, 0.15) is 5.75 Å². The predicted molar refractivity (Wildman–Crippen MR) is 122 cm³/mol. The van der Waals surface area contributed by atoms with Crippen molar-refractivity contribution in [2.45, 2.75) is 26.4 Å². The van der Waals surface area contributed by atoms with Crippen LogP contribution < -0.4 is 15.4 Å². The van der Waals surface area contributed by atoms with Gasteiger partial charge in [0.15, 0.2) is 5.96 Å². The van der Waals surface area contributed by atoms with Crippen molar-refractivity contribution in [2.24, 2.45) is 4.99 Å². The summed E-state index contributed by atoms with van der Waals surface area (Å²) < 4.78 is 11.1. The third kappa shape index (κ3) is 5.97. The van der Waals surface area contributed by atoms with Crippen LogP contribution in [0.1, 0.15) is 28.3 Å². The highest BCUT2D eigenvalue weighted by Crippen LogP contribution is 2.22. The summed E-state index contributed by atoms with van der Waals surface area (Å²) >= 11 is 0. The summed E-state index contributed by atoms with van der Waals surface area (Å²) in [5.74, 6) is 1.67. The summed E-state index contributed by atoms with van der Waals surface area (Å²) in [6, 6.07) is 15.3. The Labute approximate surface area is 180 Å². The Morgan fingerprint density at radius 1 is 1.10 bits per heavy atom. The van der Waals surface area contributed by atoms with Gasteiger partial charge in [0.25, 0.3) is 0 Å². The van der Waals surface area contributed by atoms with Crippen molar-refractivity contribution < 1.29 is 9.47 Å². The topological polar surface area (TPSA) is 58.1 Å². The highest BCUT2D eigenvalue weighted by molar-refractivity contribution is 5.79. The van der Waals surface area contributed by atoms with Crippen LogP contribution in [0.15, 0.2) is 47.5 Å². The molecule has 1 aliphatic heterocycles. The molecule has 2 aromatic rings. The first-order valence-electron chi connectivity index (χ1n) is 10.6. The first kappa shape index (κ1) is 22.1. The third-order valence-electron chi connectivity index (χ3n) is 5.49. The lowest BCUT2D eigenvalue weighted by molar-refractivity contribution is 0.0170. The maximum absolute atomic E-state index is 5.56. The number of benzene rings is 2. The maximum Gasteiger partial charge on any atom is 0.191 e. The zero-order valence-electron chi connectivity index (χ0n) is 18.6. The first-order valence-corrected chi connectivity index (χ1v) is 10.6. The van der Waals surface area contributed by atoms with Gasteiger partial charge in [-0.1, -0.05) is 42.0 Å². The molecule has 0 radical (unpaired) electrons. The number of morpholine rings is 1. The average molecular weight is 411 g/mol. The highest BCUT2D eigenvalue weighted by atomic mass is 16.5. The van der Waals surface area contributed by atoms with Crippen molar-refractivity contribution in [3.05, 3.63) is 64.7 Å². The van der Waals surface area contributed by atoms with Crippen molar-refractivity contribution in [3.63, 3.8) is 0 Å². The Kier molecular flexibility index (Phi) is 8.11. The van der Waals surface area contributed by atoms with Crippen LogP contribution in [0, 0.1) is 13.8 Å². The predicted octanol–water partition coefficient (Wildman–Crippen LogP) is 3.05. The molecular weight excluding hydrogens is 376 g/mol. The molecular formula is C24H34N4O2. The van der Waals surface area contributed by atoms with Gasteiger partial charge >= 0.3 is 0 Å². The second-order valence-electron chi connectivity index (χ2n) is 7.70. The van der Waals surface area contributed by atoms with Gasteiger partial charge in [-0.05, 0) is 31.0 Å². The number of guanidine groups is 1. The second kappa shape index (κ2) is 11.0. The van der Waals surface area contributed by atoms with E-state index in [0.29, 0.717) is 6.54 Å². The quantitative estimate of drug-likeness (QED) is 0.543. The molecule has 1 atom stereocenters. The number of hydrogen-bond donors (Lipinski definition) is 2. The number of aliphatic imine (C=N–C) groups is 1. The molecule has 0 aliphatic carbocycles. The normalized spacial score (nSPS) is 16.2. The zero-order chi connectivity index (χ0) is 21.3. The average Bonchev–Trinajstić information content (AvgIpc) is 2.77. The molecule has 0 bridgehead atoms. The van der Waals surface area contributed by atoms with Crippen LogP contribution in [0.3, 0.4) is 0 Å². The summed E-state index contributed by atoms with van der Waals surface area (Å²) in [5, 5.41) is 6.94. The number of ether oxygens (including phenoxy) is 2. The van der Waals surface area contributed by atoms with Crippen molar-refractivity contribution in [1.29, 1.82) is 0 Å². The van der Waals surface area contributed by atoms with Gasteiger partial charge in [-0.25, -0.2) is 0 Å². The fourth-order valence-corrected chi connectivity index (χ4v) is 3.82. The number of rotatable bonds is 7. The van der Waals surface area contributed by atoms with E-state index in [4.69, 9.17) is 9.47 Å². The highest BCUT2D eigenvalue weighted by Gasteiger charge is 2.23. The van der Waals surface area contributed by atoms with Crippen LogP contribution in [-0.2, 0) is 11.3 Å². The third-order valence-corrected chi connectivity index (χ3v) is 5.49. The minimum absolute atomic E-state index is 0.265. The molecule has 1 aliphatic rings. The minimum atomic E-state index is 0.265. The number of methoxy groups -OCH3 is 1. The standard InChI is InChI=1S/C24H34N4O2/c1-18-6-5-7-20(14-18)22(28-10-12-30-13-11-28)17-27-24(25-3)26-16-21-9-8-19(2)15-23(21)29-4/h5-9,14-15,22H,10-13,16-17H2,1-4H3,(H2,25,26,27). The molecule has 0 saturated carbocycles. The van der Waals surface area contributed by atoms with Crippen LogP contribution in [0.25, 0.3) is 0 Å². The fraction of sp³-hybridized carbons (Fsp3) is 0.458. The lowest BCUT2D eigenvalue weighted by Gasteiger charge is -2.35. The number of aryl methyl sites for hydroxylation is 2. The molecule has 6 heteroatoms. The van der Waals surface area contributed by atoms with Gasteiger partial charge < -0.3 is 20.1 Å². The van der Waals surface area contributed by atoms with Crippen molar-refractivity contribution >= 4 is 5.96 Å². The molecule has 1 saturated heterocycles. The Morgan fingerprint density at radius 3 is 2.57 bits per heavy atom. The SMILES string of the molecule is CN=C(NCc1ccc(C)cc1OC)NCC(c1cccc(C)c1)N1CCOCC1. The molecule has 0 amide bonds. The summed E-state index contributed by atoms with van der Waals surface area (Å²) in [7, 11) is 3.51. The first-order chi connectivity index (χ1) is 14.6. The molecule has 30 heavy (non-hydrogen) atoms. The molecule has 1 unspecified atom stereocenters. The van der Waals surface area contributed by atoms with E-state index in [-0.39, 0.29) is 6.04 Å². The van der Waals surface area contributed by atoms with Crippen LogP contribution in [0.4, 0.5) is 0 Å². The Hall–Kier alpha value is -2.57. The van der Waals surface area contributed by atoms with E-state index in [1.54, 1.807) is 14.2 Å². The van der Waals surface area contributed by atoms with E-state index in [9.17, 15) is 0 Å². The molecule has 162 valence electrons. The van der Waals surface area contributed by atoms with Crippen LogP contribution in [0.5, 0.6) is 5.75 Å². The number of nitrogens with one attached hydrogen (secondary N) is 2. The van der Waals surface area contributed by atoms with E-state index in [1.807, 2.05) is 0 Å². The van der Waals surface area contributed by atoms with Crippen LogP contribution in [0.2, 0.25) is 0 Å². The van der Waals surface area contributed by atoms with Crippen LogP contribution in [-0.4, -0.2) is 57.9 Å². The van der Waals surface area contributed by atoms with Crippen molar-refractivity contribution in [1.82, 2.24) is 15.5 Å². The van der Waals surface area contributed by atoms with Gasteiger partial charge in [0.2, 0.25) is 0 Å². The summed E-state index contributed by atoms with van der Waals surface area (Å²) in [4.78, 5) is 6.90. The van der Waals surface area contributed by atoms with E-state index in [2.05, 4.69) is 76.8 Å². The van der Waals surface area contributed by atoms with Crippen molar-refractivity contribution in [2.75, 3.05) is 47.0 Å².